The molecule has 1 fully saturated rings. The number of benzene rings is 1. The van der Waals surface area contributed by atoms with Gasteiger partial charge in [0.1, 0.15) is 18.1 Å². The fourth-order valence-corrected chi connectivity index (χ4v) is 4.10. The predicted molar refractivity (Wildman–Crippen MR) is 131 cm³/mol. The Hall–Kier alpha value is -3.36. The van der Waals surface area contributed by atoms with Gasteiger partial charge in [0.05, 0.1) is 12.3 Å². The second-order valence-corrected chi connectivity index (χ2v) is 8.31. The summed E-state index contributed by atoms with van der Waals surface area (Å²) in [5.41, 5.74) is 2.55. The third kappa shape index (κ3) is 5.58. The molecule has 3 aromatic rings. The van der Waals surface area contributed by atoms with Crippen molar-refractivity contribution in [2.45, 2.75) is 19.4 Å². The molecule has 1 aromatic carbocycles. The third-order valence-electron chi connectivity index (χ3n) is 5.73. The van der Waals surface area contributed by atoms with Gasteiger partial charge in [-0.1, -0.05) is 23.7 Å². The summed E-state index contributed by atoms with van der Waals surface area (Å²) in [4.78, 5) is 41.5. The fourth-order valence-electron chi connectivity index (χ4n) is 3.98. The summed E-state index contributed by atoms with van der Waals surface area (Å²) in [7, 11) is 0. The second kappa shape index (κ2) is 11.2. The molecular weight excluding hydrogens is 454 g/mol. The molecule has 0 N–H and O–H groups in total. The van der Waals surface area contributed by atoms with Gasteiger partial charge in [0.2, 0.25) is 0 Å². The highest BCUT2D eigenvalue weighted by Gasteiger charge is 2.30. The van der Waals surface area contributed by atoms with Crippen LogP contribution in [0.2, 0.25) is 5.02 Å². The van der Waals surface area contributed by atoms with E-state index in [9.17, 15) is 9.59 Å². The molecule has 34 heavy (non-hydrogen) atoms. The molecule has 0 radical (unpaired) electrons. The van der Waals surface area contributed by atoms with Gasteiger partial charge < -0.3 is 14.4 Å². The monoisotopic (exact) mass is 479 g/mol. The second-order valence-electron chi connectivity index (χ2n) is 7.88. The minimum Gasteiger partial charge on any atom is -0.465 e. The number of anilines is 1. The van der Waals surface area contributed by atoms with E-state index in [1.807, 2.05) is 47.4 Å². The third-order valence-corrected chi connectivity index (χ3v) is 5.98. The van der Waals surface area contributed by atoms with Crippen LogP contribution in [0.25, 0.3) is 22.6 Å². The first-order valence-corrected chi connectivity index (χ1v) is 11.6. The number of halogens is 1. The predicted octanol–water partition coefficient (Wildman–Crippen LogP) is 3.50. The maximum atomic E-state index is 12.3. The van der Waals surface area contributed by atoms with Crippen molar-refractivity contribution >= 4 is 29.7 Å². The van der Waals surface area contributed by atoms with E-state index in [4.69, 9.17) is 26.3 Å². The highest BCUT2D eigenvalue weighted by atomic mass is 35.5. The van der Waals surface area contributed by atoms with Crippen LogP contribution in [0.5, 0.6) is 0 Å². The van der Waals surface area contributed by atoms with Crippen molar-refractivity contribution < 1.29 is 14.3 Å². The molecule has 1 aliphatic heterocycles. The number of ether oxygens (including phenoxy) is 1. The number of nitrogens with zero attached hydrogens (tertiary/aromatic N) is 5. The van der Waals surface area contributed by atoms with Crippen molar-refractivity contribution in [2.75, 3.05) is 37.7 Å². The molecular formula is C25H26ClN5O3. The molecule has 0 aliphatic carbocycles. The molecule has 0 bridgehead atoms. The van der Waals surface area contributed by atoms with Crippen molar-refractivity contribution in [3.8, 4) is 22.6 Å². The molecule has 4 rings (SSSR count). The lowest BCUT2D eigenvalue weighted by atomic mass is 10.1. The topological polar surface area (TPSA) is 88.5 Å². The summed E-state index contributed by atoms with van der Waals surface area (Å²) in [6.45, 7) is 4.58. The van der Waals surface area contributed by atoms with Gasteiger partial charge in [-0.15, -0.1) is 0 Å². The van der Waals surface area contributed by atoms with E-state index in [1.165, 1.54) is 0 Å². The minimum atomic E-state index is -0.555. The van der Waals surface area contributed by atoms with Crippen LogP contribution >= 0.6 is 11.6 Å². The Morgan fingerprint density at radius 2 is 1.88 bits per heavy atom. The molecule has 9 heteroatoms. The number of carbonyl (C=O) groups excluding carboxylic acids is 2. The lowest BCUT2D eigenvalue weighted by Crippen LogP contribution is -2.53. The maximum Gasteiger partial charge on any atom is 0.323 e. The molecule has 0 saturated carbocycles. The molecule has 1 saturated heterocycles. The van der Waals surface area contributed by atoms with E-state index in [0.29, 0.717) is 43.6 Å². The number of pyridine rings is 1. The van der Waals surface area contributed by atoms with Crippen molar-refractivity contribution in [3.05, 3.63) is 59.9 Å². The lowest BCUT2D eigenvalue weighted by molar-refractivity contribution is -0.150. The average Bonchev–Trinajstić information content (AvgIpc) is 2.88. The fraction of sp³-hybridized carbons (Fsp3) is 0.320. The first-order valence-electron chi connectivity index (χ1n) is 11.2. The van der Waals surface area contributed by atoms with Gasteiger partial charge in [-0.25, -0.2) is 9.97 Å². The summed E-state index contributed by atoms with van der Waals surface area (Å²) in [6.07, 6.45) is 4.35. The zero-order valence-electron chi connectivity index (χ0n) is 18.9. The maximum absolute atomic E-state index is 12.3. The SMILES string of the molecule is CCOC(=O)C(CC=O)N1CCN(c2cc(-c3ccc(Cl)cc3)nc(-c3cccnc3)n2)CC1. The van der Waals surface area contributed by atoms with Gasteiger partial charge in [-0.3, -0.25) is 14.7 Å². The highest BCUT2D eigenvalue weighted by molar-refractivity contribution is 6.30. The Kier molecular flexibility index (Phi) is 7.82. The summed E-state index contributed by atoms with van der Waals surface area (Å²) >= 11 is 6.07. The van der Waals surface area contributed by atoms with E-state index >= 15 is 0 Å². The Morgan fingerprint density at radius 1 is 1.12 bits per heavy atom. The van der Waals surface area contributed by atoms with Gasteiger partial charge in [0, 0.05) is 67.2 Å². The molecule has 1 aliphatic rings. The largest absolute Gasteiger partial charge is 0.465 e. The number of aromatic nitrogens is 3. The number of aldehydes is 1. The van der Waals surface area contributed by atoms with E-state index in [1.54, 1.807) is 19.3 Å². The highest BCUT2D eigenvalue weighted by Crippen LogP contribution is 2.27. The van der Waals surface area contributed by atoms with Crippen LogP contribution in [-0.2, 0) is 14.3 Å². The van der Waals surface area contributed by atoms with Gasteiger partial charge >= 0.3 is 5.97 Å². The zero-order chi connectivity index (χ0) is 23.9. The molecule has 0 amide bonds. The van der Waals surface area contributed by atoms with Crippen molar-refractivity contribution in [2.24, 2.45) is 0 Å². The molecule has 176 valence electrons. The van der Waals surface area contributed by atoms with Crippen LogP contribution in [0.3, 0.4) is 0 Å². The zero-order valence-corrected chi connectivity index (χ0v) is 19.7. The summed E-state index contributed by atoms with van der Waals surface area (Å²) < 4.78 is 5.17. The molecule has 3 heterocycles. The summed E-state index contributed by atoms with van der Waals surface area (Å²) in [5.74, 6) is 1.03. The van der Waals surface area contributed by atoms with Crippen LogP contribution in [-0.4, -0.2) is 70.9 Å². The van der Waals surface area contributed by atoms with E-state index in [0.717, 1.165) is 28.9 Å². The van der Waals surface area contributed by atoms with Crippen LogP contribution in [0, 0.1) is 0 Å². The van der Waals surface area contributed by atoms with Gasteiger partial charge in [-0.2, -0.15) is 0 Å². The Morgan fingerprint density at radius 3 is 2.53 bits per heavy atom. The van der Waals surface area contributed by atoms with Crippen LogP contribution in [0.1, 0.15) is 13.3 Å². The summed E-state index contributed by atoms with van der Waals surface area (Å²) in [6, 6.07) is 12.7. The smallest absolute Gasteiger partial charge is 0.323 e. The van der Waals surface area contributed by atoms with Gasteiger partial charge in [-0.05, 0) is 31.2 Å². The van der Waals surface area contributed by atoms with Crippen LogP contribution in [0.15, 0.2) is 54.9 Å². The molecule has 2 aromatic heterocycles. The Balaban J connectivity index is 1.60. The Labute approximate surface area is 203 Å². The average molecular weight is 480 g/mol. The number of esters is 1. The number of hydrogen-bond donors (Lipinski definition) is 0. The van der Waals surface area contributed by atoms with Crippen LogP contribution < -0.4 is 4.90 Å². The van der Waals surface area contributed by atoms with Gasteiger partial charge in [0.25, 0.3) is 0 Å². The number of hydrogen-bond acceptors (Lipinski definition) is 8. The van der Waals surface area contributed by atoms with Gasteiger partial charge in [0.15, 0.2) is 5.82 Å². The number of rotatable bonds is 8. The van der Waals surface area contributed by atoms with Crippen molar-refractivity contribution in [1.29, 1.82) is 0 Å². The Bertz CT molecular complexity index is 1120. The standard InChI is InChI=1S/C25H26ClN5O3/c1-2-34-25(33)22(9-15-32)30-11-13-31(14-12-30)23-16-21(18-5-7-20(26)8-6-18)28-24(29-23)19-4-3-10-27-17-19/h3-8,10,15-17,22H,2,9,11-14H2,1H3. The number of piperazine rings is 1. The lowest BCUT2D eigenvalue weighted by Gasteiger charge is -2.38. The first-order chi connectivity index (χ1) is 16.6. The first kappa shape index (κ1) is 23.8. The molecule has 1 unspecified atom stereocenters. The van der Waals surface area contributed by atoms with Crippen molar-refractivity contribution in [3.63, 3.8) is 0 Å². The normalized spacial score (nSPS) is 15.1. The summed E-state index contributed by atoms with van der Waals surface area (Å²) in [5, 5.41) is 0.660. The molecule has 8 nitrogen and oxygen atoms in total. The van der Waals surface area contributed by atoms with Crippen molar-refractivity contribution in [1.82, 2.24) is 19.9 Å². The molecule has 0 spiro atoms. The van der Waals surface area contributed by atoms with Crippen LogP contribution in [0.4, 0.5) is 5.82 Å². The minimum absolute atomic E-state index is 0.123. The van der Waals surface area contributed by atoms with E-state index in [2.05, 4.69) is 9.88 Å². The quantitative estimate of drug-likeness (QED) is 0.358. The molecule has 1 atom stereocenters. The number of carbonyl (C=O) groups is 2. The van der Waals surface area contributed by atoms with E-state index in [-0.39, 0.29) is 12.4 Å². The van der Waals surface area contributed by atoms with E-state index < -0.39 is 6.04 Å².